The molecule has 0 unspecified atom stereocenters. The third-order valence-corrected chi connectivity index (χ3v) is 11.3. The second-order valence-corrected chi connectivity index (χ2v) is 10.7. The molecule has 0 aliphatic heterocycles. The van der Waals surface area contributed by atoms with Crippen LogP contribution in [0.1, 0.15) is 48.5 Å². The summed E-state index contributed by atoms with van der Waals surface area (Å²) in [4.78, 5) is 0. The molecular formula is C12H29ClN2Si. The number of hydrogen-bond acceptors (Lipinski definition) is 2. The topological polar surface area (TPSA) is 6.48 Å². The van der Waals surface area contributed by atoms with Gasteiger partial charge < -0.3 is 0 Å². The van der Waals surface area contributed by atoms with E-state index in [1.54, 1.807) is 0 Å². The maximum Gasteiger partial charge on any atom is 0.312 e. The van der Waals surface area contributed by atoms with Gasteiger partial charge in [-0.15, -0.1) is 11.1 Å². The van der Waals surface area contributed by atoms with E-state index in [9.17, 15) is 0 Å². The van der Waals surface area contributed by atoms with Gasteiger partial charge in [0, 0.05) is 0 Å². The molecule has 0 fully saturated rings. The molecule has 0 aromatic rings. The highest BCUT2D eigenvalue weighted by Gasteiger charge is 2.52. The van der Waals surface area contributed by atoms with Gasteiger partial charge in [0.1, 0.15) is 0 Å². The Morgan fingerprint density at radius 1 is 0.812 bits per heavy atom. The zero-order valence-corrected chi connectivity index (χ0v) is 13.9. The Morgan fingerprint density at radius 2 is 1.06 bits per heavy atom. The zero-order chi connectivity index (χ0) is 13.0. The Labute approximate surface area is 108 Å². The fourth-order valence-corrected chi connectivity index (χ4v) is 7.84. The van der Waals surface area contributed by atoms with Gasteiger partial charge in [-0.05, 0) is 31.2 Å². The predicted molar refractivity (Wildman–Crippen MR) is 77.2 cm³/mol. The van der Waals surface area contributed by atoms with Crippen LogP contribution in [0, 0.1) is 0 Å². The van der Waals surface area contributed by atoms with Gasteiger partial charge in [-0.25, -0.2) is 0 Å². The summed E-state index contributed by atoms with van der Waals surface area (Å²) in [6.45, 7) is 19.9. The number of hydrogen-bond donors (Lipinski definition) is 0. The van der Waals surface area contributed by atoms with E-state index in [1.165, 1.54) is 0 Å². The van der Waals surface area contributed by atoms with Crippen LogP contribution in [0.5, 0.6) is 0 Å². The second kappa shape index (κ2) is 6.38. The quantitative estimate of drug-likeness (QED) is 0.534. The summed E-state index contributed by atoms with van der Waals surface area (Å²) in [5.74, 6) is 0. The van der Waals surface area contributed by atoms with Crippen molar-refractivity contribution in [3.63, 3.8) is 0 Å². The summed E-state index contributed by atoms with van der Waals surface area (Å²) < 4.78 is 4.98. The Kier molecular flexibility index (Phi) is 6.55. The van der Waals surface area contributed by atoms with Gasteiger partial charge in [0.25, 0.3) is 0 Å². The van der Waals surface area contributed by atoms with Crippen LogP contribution in [-0.4, -0.2) is 43.0 Å². The molecule has 0 radical (unpaired) electrons. The van der Waals surface area contributed by atoms with Crippen LogP contribution < -0.4 is 0 Å². The molecule has 0 heterocycles. The molecule has 16 heavy (non-hydrogen) atoms. The van der Waals surface area contributed by atoms with Crippen LogP contribution in [0.25, 0.3) is 0 Å². The molecule has 0 amide bonds. The van der Waals surface area contributed by atoms with Gasteiger partial charge in [-0.3, -0.25) is 9.13 Å². The number of halogens is 1. The summed E-state index contributed by atoms with van der Waals surface area (Å²) in [5, 5.41) is 0.159. The summed E-state index contributed by atoms with van der Waals surface area (Å²) in [6, 6.07) is 0. The average molecular weight is 265 g/mol. The fraction of sp³-hybridized carbons (Fsp3) is 1.00. The normalized spacial score (nSPS) is 13.9. The van der Waals surface area contributed by atoms with E-state index in [-0.39, 0.29) is 5.04 Å². The lowest BCUT2D eigenvalue weighted by Crippen LogP contribution is -2.66. The van der Waals surface area contributed by atoms with Gasteiger partial charge in [0.2, 0.25) is 0 Å². The van der Waals surface area contributed by atoms with Crippen molar-refractivity contribution in [3.8, 4) is 0 Å². The molecule has 0 aliphatic rings. The SMILES string of the molecule is CCN(CC)[Si](Cl)(N(CC)CC)C(C)(C)C. The Morgan fingerprint density at radius 3 is 1.19 bits per heavy atom. The maximum atomic E-state index is 7.14. The highest BCUT2D eigenvalue weighted by molar-refractivity contribution is 7.18. The molecule has 98 valence electrons. The van der Waals surface area contributed by atoms with Gasteiger partial charge in [-0.2, -0.15) is 0 Å². The van der Waals surface area contributed by atoms with E-state index in [0.29, 0.717) is 0 Å². The molecule has 0 atom stereocenters. The van der Waals surface area contributed by atoms with Crippen LogP contribution in [0.4, 0.5) is 0 Å². The van der Waals surface area contributed by atoms with Crippen molar-refractivity contribution in [2.24, 2.45) is 0 Å². The largest absolute Gasteiger partial charge is 0.312 e. The minimum atomic E-state index is -2.07. The zero-order valence-electron chi connectivity index (χ0n) is 12.1. The molecule has 4 heteroatoms. The van der Waals surface area contributed by atoms with Gasteiger partial charge in [0.15, 0.2) is 0 Å². The molecule has 0 bridgehead atoms. The second-order valence-electron chi connectivity index (χ2n) is 5.18. The lowest BCUT2D eigenvalue weighted by Gasteiger charge is -2.50. The van der Waals surface area contributed by atoms with Crippen LogP contribution in [-0.2, 0) is 0 Å². The van der Waals surface area contributed by atoms with Crippen molar-refractivity contribution in [2.75, 3.05) is 26.2 Å². The lowest BCUT2D eigenvalue weighted by atomic mass is 10.3. The van der Waals surface area contributed by atoms with Crippen molar-refractivity contribution in [1.29, 1.82) is 0 Å². The first kappa shape index (κ1) is 16.4. The molecule has 0 N–H and O–H groups in total. The number of nitrogens with zero attached hydrogens (tertiary/aromatic N) is 2. The van der Waals surface area contributed by atoms with Crippen molar-refractivity contribution >= 4 is 18.8 Å². The maximum absolute atomic E-state index is 7.14. The summed E-state index contributed by atoms with van der Waals surface area (Å²) in [7, 11) is -2.07. The smallest absolute Gasteiger partial charge is 0.300 e. The molecule has 0 spiro atoms. The van der Waals surface area contributed by atoms with E-state index in [0.717, 1.165) is 26.2 Å². The first-order chi connectivity index (χ1) is 7.29. The van der Waals surface area contributed by atoms with Crippen LogP contribution >= 0.6 is 11.1 Å². The molecule has 0 rings (SSSR count). The van der Waals surface area contributed by atoms with Crippen molar-refractivity contribution in [3.05, 3.63) is 0 Å². The molecule has 0 aromatic carbocycles. The van der Waals surface area contributed by atoms with Crippen LogP contribution in [0.2, 0.25) is 5.04 Å². The minimum Gasteiger partial charge on any atom is -0.300 e. The molecule has 0 saturated carbocycles. The first-order valence-corrected chi connectivity index (χ1v) is 9.39. The van der Waals surface area contributed by atoms with E-state index in [2.05, 4.69) is 57.6 Å². The minimum absolute atomic E-state index is 0.159. The highest BCUT2D eigenvalue weighted by atomic mass is 35.6. The Hall–Kier alpha value is 0.427. The van der Waals surface area contributed by atoms with Crippen LogP contribution in [0.15, 0.2) is 0 Å². The van der Waals surface area contributed by atoms with E-state index < -0.39 is 7.71 Å². The average Bonchev–Trinajstić information content (AvgIpc) is 2.19. The Balaban J connectivity index is 5.33. The Bertz CT molecular complexity index is 184. The molecular weight excluding hydrogens is 236 g/mol. The lowest BCUT2D eigenvalue weighted by molar-refractivity contribution is 0.340. The van der Waals surface area contributed by atoms with Crippen molar-refractivity contribution < 1.29 is 0 Å². The standard InChI is InChI=1S/C12H29ClN2Si/c1-8-14(9-2)16(13,12(5,6)7)15(10-3)11-4/h8-11H2,1-7H3. The third kappa shape index (κ3) is 3.00. The molecule has 0 aromatic heterocycles. The molecule has 0 saturated heterocycles. The predicted octanol–water partition coefficient (Wildman–Crippen LogP) is 3.65. The fourth-order valence-electron chi connectivity index (χ4n) is 2.43. The summed E-state index contributed by atoms with van der Waals surface area (Å²) in [5.41, 5.74) is 0. The van der Waals surface area contributed by atoms with E-state index in [4.69, 9.17) is 11.1 Å². The summed E-state index contributed by atoms with van der Waals surface area (Å²) in [6.07, 6.45) is 0. The van der Waals surface area contributed by atoms with Crippen molar-refractivity contribution in [1.82, 2.24) is 9.13 Å². The monoisotopic (exact) mass is 264 g/mol. The van der Waals surface area contributed by atoms with Gasteiger partial charge in [-0.1, -0.05) is 48.5 Å². The summed E-state index contributed by atoms with van der Waals surface area (Å²) >= 11 is 7.14. The van der Waals surface area contributed by atoms with Crippen molar-refractivity contribution in [2.45, 2.75) is 53.5 Å². The highest BCUT2D eigenvalue weighted by Crippen LogP contribution is 2.43. The third-order valence-electron chi connectivity index (χ3n) is 3.32. The molecule has 2 nitrogen and oxygen atoms in total. The molecule has 0 aliphatic carbocycles. The van der Waals surface area contributed by atoms with Crippen LogP contribution in [0.3, 0.4) is 0 Å². The van der Waals surface area contributed by atoms with E-state index in [1.807, 2.05) is 0 Å². The van der Waals surface area contributed by atoms with Gasteiger partial charge in [0.05, 0.1) is 0 Å². The van der Waals surface area contributed by atoms with Gasteiger partial charge >= 0.3 is 7.71 Å². The first-order valence-electron chi connectivity index (χ1n) is 6.48. The number of rotatable bonds is 6. The van der Waals surface area contributed by atoms with E-state index >= 15 is 0 Å².